The van der Waals surface area contributed by atoms with Gasteiger partial charge in [0.25, 0.3) is 5.56 Å². The normalized spacial score (nSPS) is 11.2. The summed E-state index contributed by atoms with van der Waals surface area (Å²) >= 11 is 6.71. The van der Waals surface area contributed by atoms with Crippen molar-refractivity contribution in [3.05, 3.63) is 44.8 Å². The standard InChI is InChI=1S/C11H10N4OS2/c1-14-4-3-12-8(14)6-15-10(16)7-2-5-18-9(7)13-11(15)17/h2-5H,6H2,1H3,(H,13,17). The zero-order valence-corrected chi connectivity index (χ0v) is 11.2. The molecule has 0 aliphatic heterocycles. The third-order valence-corrected chi connectivity index (χ3v) is 3.98. The van der Waals surface area contributed by atoms with E-state index in [9.17, 15) is 4.79 Å². The number of hydrogen-bond acceptors (Lipinski definition) is 4. The summed E-state index contributed by atoms with van der Waals surface area (Å²) in [7, 11) is 1.89. The van der Waals surface area contributed by atoms with Crippen LogP contribution < -0.4 is 5.56 Å². The maximum atomic E-state index is 12.3. The molecule has 3 aromatic heterocycles. The van der Waals surface area contributed by atoms with Crippen LogP contribution in [0.25, 0.3) is 10.2 Å². The highest BCUT2D eigenvalue weighted by Gasteiger charge is 2.08. The third kappa shape index (κ3) is 1.72. The van der Waals surface area contributed by atoms with Crippen LogP contribution in [0.15, 0.2) is 28.6 Å². The summed E-state index contributed by atoms with van der Waals surface area (Å²) in [6.45, 7) is 0.378. The van der Waals surface area contributed by atoms with Crippen LogP contribution in [-0.4, -0.2) is 19.1 Å². The number of fused-ring (bicyclic) bond motifs is 1. The smallest absolute Gasteiger partial charge is 0.263 e. The molecule has 5 nitrogen and oxygen atoms in total. The van der Waals surface area contributed by atoms with E-state index in [4.69, 9.17) is 12.2 Å². The lowest BCUT2D eigenvalue weighted by Gasteiger charge is -2.06. The molecule has 0 amide bonds. The Morgan fingerprint density at radius 3 is 3.11 bits per heavy atom. The number of imidazole rings is 1. The van der Waals surface area contributed by atoms with Gasteiger partial charge in [0.15, 0.2) is 4.77 Å². The first-order valence-corrected chi connectivity index (χ1v) is 6.62. The minimum absolute atomic E-state index is 0.0713. The van der Waals surface area contributed by atoms with Gasteiger partial charge in [-0.2, -0.15) is 0 Å². The van der Waals surface area contributed by atoms with Gasteiger partial charge in [0, 0.05) is 19.4 Å². The van der Waals surface area contributed by atoms with Crippen LogP contribution in [0, 0.1) is 4.77 Å². The Morgan fingerprint density at radius 1 is 1.56 bits per heavy atom. The number of aryl methyl sites for hydroxylation is 1. The molecule has 0 bridgehead atoms. The molecule has 0 atom stereocenters. The summed E-state index contributed by atoms with van der Waals surface area (Å²) in [6, 6.07) is 1.81. The van der Waals surface area contributed by atoms with E-state index in [-0.39, 0.29) is 5.56 Å². The van der Waals surface area contributed by atoms with Crippen LogP contribution in [0.4, 0.5) is 0 Å². The molecule has 7 heteroatoms. The predicted molar refractivity (Wildman–Crippen MR) is 73.6 cm³/mol. The third-order valence-electron chi connectivity index (χ3n) is 2.83. The van der Waals surface area contributed by atoms with Crippen molar-refractivity contribution in [3.8, 4) is 0 Å². The van der Waals surface area contributed by atoms with Crippen LogP contribution in [0.1, 0.15) is 5.82 Å². The minimum Gasteiger partial charge on any atom is -0.337 e. The van der Waals surface area contributed by atoms with Gasteiger partial charge in [-0.1, -0.05) is 0 Å². The molecule has 1 N–H and O–H groups in total. The molecule has 0 spiro atoms. The highest BCUT2D eigenvalue weighted by Crippen LogP contribution is 2.14. The lowest BCUT2D eigenvalue weighted by molar-refractivity contribution is 0.665. The average molecular weight is 278 g/mol. The highest BCUT2D eigenvalue weighted by molar-refractivity contribution is 7.71. The van der Waals surface area contributed by atoms with Crippen LogP contribution in [-0.2, 0) is 13.6 Å². The second-order valence-electron chi connectivity index (χ2n) is 3.94. The van der Waals surface area contributed by atoms with Crippen molar-refractivity contribution in [2.45, 2.75) is 6.54 Å². The van der Waals surface area contributed by atoms with Gasteiger partial charge in [-0.3, -0.25) is 9.36 Å². The number of rotatable bonds is 2. The summed E-state index contributed by atoms with van der Waals surface area (Å²) in [5.41, 5.74) is -0.0713. The number of nitrogens with one attached hydrogen (secondary N) is 1. The molecular formula is C11H10N4OS2. The van der Waals surface area contributed by atoms with Crippen molar-refractivity contribution < 1.29 is 0 Å². The van der Waals surface area contributed by atoms with Crippen molar-refractivity contribution in [1.82, 2.24) is 19.1 Å². The van der Waals surface area contributed by atoms with Crippen molar-refractivity contribution in [1.29, 1.82) is 0 Å². The fourth-order valence-electron chi connectivity index (χ4n) is 1.81. The van der Waals surface area contributed by atoms with E-state index in [1.807, 2.05) is 29.3 Å². The zero-order chi connectivity index (χ0) is 12.7. The molecule has 0 aromatic carbocycles. The number of nitrogens with zero attached hydrogens (tertiary/aromatic N) is 3. The first-order valence-electron chi connectivity index (χ1n) is 5.33. The Labute approximate surface area is 111 Å². The zero-order valence-electron chi connectivity index (χ0n) is 9.58. The molecule has 0 unspecified atom stereocenters. The maximum Gasteiger partial charge on any atom is 0.263 e. The van der Waals surface area contributed by atoms with E-state index in [0.29, 0.717) is 16.7 Å². The van der Waals surface area contributed by atoms with Gasteiger partial charge < -0.3 is 9.55 Å². The molecule has 3 aromatic rings. The number of aromatic amines is 1. The lowest BCUT2D eigenvalue weighted by atomic mass is 10.4. The van der Waals surface area contributed by atoms with Crippen LogP contribution in [0.3, 0.4) is 0 Å². The van der Waals surface area contributed by atoms with Gasteiger partial charge in [-0.25, -0.2) is 4.98 Å². The molecule has 0 saturated heterocycles. The van der Waals surface area contributed by atoms with Crippen LogP contribution in [0.5, 0.6) is 0 Å². The Hall–Kier alpha value is -1.73. The van der Waals surface area contributed by atoms with E-state index >= 15 is 0 Å². The Bertz CT molecular complexity index is 823. The van der Waals surface area contributed by atoms with Crippen molar-refractivity contribution >= 4 is 33.8 Å². The number of thiophene rings is 1. The summed E-state index contributed by atoms with van der Waals surface area (Å²) in [5, 5.41) is 2.55. The van der Waals surface area contributed by atoms with Crippen molar-refractivity contribution in [3.63, 3.8) is 0 Å². The first-order chi connectivity index (χ1) is 8.66. The average Bonchev–Trinajstić information content (AvgIpc) is 2.94. The molecular weight excluding hydrogens is 268 g/mol. The molecule has 0 fully saturated rings. The van der Waals surface area contributed by atoms with Crippen molar-refractivity contribution in [2.24, 2.45) is 7.05 Å². The van der Waals surface area contributed by atoms with Gasteiger partial charge in [0.1, 0.15) is 10.7 Å². The molecule has 0 aliphatic carbocycles. The number of hydrogen-bond donors (Lipinski definition) is 1. The largest absolute Gasteiger partial charge is 0.337 e. The highest BCUT2D eigenvalue weighted by atomic mass is 32.1. The van der Waals surface area contributed by atoms with E-state index in [1.165, 1.54) is 15.9 Å². The minimum atomic E-state index is -0.0713. The quantitative estimate of drug-likeness (QED) is 0.728. The monoisotopic (exact) mass is 278 g/mol. The van der Waals surface area contributed by atoms with E-state index in [0.717, 1.165) is 10.7 Å². The van der Waals surface area contributed by atoms with Gasteiger partial charge in [0.2, 0.25) is 0 Å². The lowest BCUT2D eigenvalue weighted by Crippen LogP contribution is -2.23. The van der Waals surface area contributed by atoms with Gasteiger partial charge >= 0.3 is 0 Å². The van der Waals surface area contributed by atoms with Gasteiger partial charge in [-0.15, -0.1) is 11.3 Å². The second-order valence-corrected chi connectivity index (χ2v) is 5.24. The van der Waals surface area contributed by atoms with E-state index in [1.54, 1.807) is 6.20 Å². The van der Waals surface area contributed by atoms with Crippen LogP contribution in [0.2, 0.25) is 0 Å². The Balaban J connectivity index is 2.20. The summed E-state index contributed by atoms with van der Waals surface area (Å²) < 4.78 is 3.84. The number of H-pyrrole nitrogens is 1. The molecule has 3 heterocycles. The fourth-order valence-corrected chi connectivity index (χ4v) is 2.90. The summed E-state index contributed by atoms with van der Waals surface area (Å²) in [6.07, 6.45) is 3.55. The molecule has 0 aliphatic rings. The topological polar surface area (TPSA) is 55.6 Å². The van der Waals surface area contributed by atoms with Crippen LogP contribution >= 0.6 is 23.6 Å². The van der Waals surface area contributed by atoms with E-state index in [2.05, 4.69) is 9.97 Å². The molecule has 3 rings (SSSR count). The molecule has 0 saturated carbocycles. The summed E-state index contributed by atoms with van der Waals surface area (Å²) in [5.74, 6) is 0.797. The number of aromatic nitrogens is 4. The SMILES string of the molecule is Cn1ccnc1Cn1c(=S)[nH]c2sccc2c1=O. The second kappa shape index (κ2) is 4.18. The Morgan fingerprint density at radius 2 is 2.39 bits per heavy atom. The molecule has 18 heavy (non-hydrogen) atoms. The predicted octanol–water partition coefficient (Wildman–Crippen LogP) is 1.90. The van der Waals surface area contributed by atoms with Crippen molar-refractivity contribution in [2.75, 3.05) is 0 Å². The fraction of sp³-hybridized carbons (Fsp3) is 0.182. The Kier molecular flexibility index (Phi) is 2.64. The van der Waals surface area contributed by atoms with Gasteiger partial charge in [-0.05, 0) is 23.7 Å². The molecule has 92 valence electrons. The van der Waals surface area contributed by atoms with Gasteiger partial charge in [0.05, 0.1) is 11.9 Å². The molecule has 0 radical (unpaired) electrons. The maximum absolute atomic E-state index is 12.3. The van der Waals surface area contributed by atoms with E-state index < -0.39 is 0 Å². The summed E-state index contributed by atoms with van der Waals surface area (Å²) in [4.78, 5) is 20.4. The first kappa shape index (κ1) is 11.4.